The summed E-state index contributed by atoms with van der Waals surface area (Å²) >= 11 is 0. The van der Waals surface area contributed by atoms with Gasteiger partial charge in [-0.25, -0.2) is 0 Å². The molecule has 1 atom stereocenters. The lowest BCUT2D eigenvalue weighted by Gasteiger charge is -2.34. The van der Waals surface area contributed by atoms with Crippen molar-refractivity contribution in [3.63, 3.8) is 0 Å². The van der Waals surface area contributed by atoms with E-state index in [-0.39, 0.29) is 5.91 Å². The molecule has 84 valence electrons. The summed E-state index contributed by atoms with van der Waals surface area (Å²) in [4.78, 5) is 14.1. The second-order valence-corrected chi connectivity index (χ2v) is 5.12. The van der Waals surface area contributed by atoms with Gasteiger partial charge in [-0.05, 0) is 39.0 Å². The van der Waals surface area contributed by atoms with Crippen LogP contribution in [0.1, 0.15) is 33.1 Å². The minimum Gasteiger partial charge on any atom is -0.337 e. The number of nitrogens with zero attached hydrogens (tertiary/aromatic N) is 1. The molecule has 1 amide bonds. The predicted molar refractivity (Wildman–Crippen MR) is 60.3 cm³/mol. The Morgan fingerprint density at radius 3 is 2.80 bits per heavy atom. The average Bonchev–Trinajstić information content (AvgIpc) is 2.99. The Morgan fingerprint density at radius 2 is 2.27 bits per heavy atom. The van der Waals surface area contributed by atoms with Gasteiger partial charge in [0, 0.05) is 13.1 Å². The third-order valence-corrected chi connectivity index (χ3v) is 3.51. The van der Waals surface area contributed by atoms with Crippen LogP contribution in [0.25, 0.3) is 0 Å². The van der Waals surface area contributed by atoms with Crippen molar-refractivity contribution in [3.8, 4) is 0 Å². The Bertz CT molecular complexity index is 303. The standard InChI is InChI=1S/C12H20N2O/c1-9-4-3-7-14(8-9)11(15)12(2,13)10-5-6-10/h4,10H,3,5-8,13H2,1-2H3. The lowest BCUT2D eigenvalue weighted by molar-refractivity contribution is -0.137. The lowest BCUT2D eigenvalue weighted by atomic mass is 9.94. The van der Waals surface area contributed by atoms with E-state index in [4.69, 9.17) is 5.73 Å². The van der Waals surface area contributed by atoms with Crippen molar-refractivity contribution in [2.45, 2.75) is 38.6 Å². The Labute approximate surface area is 91.3 Å². The normalized spacial score (nSPS) is 25.8. The van der Waals surface area contributed by atoms with Crippen LogP contribution in [0, 0.1) is 5.92 Å². The van der Waals surface area contributed by atoms with Crippen LogP contribution in [-0.2, 0) is 4.79 Å². The van der Waals surface area contributed by atoms with Crippen LogP contribution in [0.15, 0.2) is 11.6 Å². The number of rotatable bonds is 2. The van der Waals surface area contributed by atoms with Gasteiger partial charge in [-0.2, -0.15) is 0 Å². The molecule has 2 aliphatic rings. The molecule has 0 spiro atoms. The molecule has 1 fully saturated rings. The molecule has 1 aliphatic heterocycles. The molecule has 3 nitrogen and oxygen atoms in total. The zero-order valence-corrected chi connectivity index (χ0v) is 9.62. The van der Waals surface area contributed by atoms with Gasteiger partial charge in [0.25, 0.3) is 0 Å². The molecule has 1 aliphatic carbocycles. The van der Waals surface area contributed by atoms with Crippen molar-refractivity contribution >= 4 is 5.91 Å². The Hall–Kier alpha value is -0.830. The van der Waals surface area contributed by atoms with E-state index in [2.05, 4.69) is 13.0 Å². The largest absolute Gasteiger partial charge is 0.337 e. The second-order valence-electron chi connectivity index (χ2n) is 5.12. The van der Waals surface area contributed by atoms with Gasteiger partial charge >= 0.3 is 0 Å². The molecule has 0 radical (unpaired) electrons. The van der Waals surface area contributed by atoms with Crippen LogP contribution in [0.5, 0.6) is 0 Å². The maximum absolute atomic E-state index is 12.2. The first-order chi connectivity index (χ1) is 7.01. The van der Waals surface area contributed by atoms with Gasteiger partial charge in [-0.15, -0.1) is 0 Å². The van der Waals surface area contributed by atoms with Gasteiger partial charge in [0.15, 0.2) is 0 Å². The minimum atomic E-state index is -0.627. The van der Waals surface area contributed by atoms with E-state index in [1.54, 1.807) is 0 Å². The van der Waals surface area contributed by atoms with E-state index in [9.17, 15) is 4.79 Å². The number of hydrogen-bond acceptors (Lipinski definition) is 2. The highest BCUT2D eigenvalue weighted by Gasteiger charge is 2.45. The molecule has 1 unspecified atom stereocenters. The van der Waals surface area contributed by atoms with Crippen molar-refractivity contribution in [1.29, 1.82) is 0 Å². The Kier molecular flexibility index (Phi) is 2.59. The second kappa shape index (κ2) is 3.63. The molecular weight excluding hydrogens is 188 g/mol. The molecule has 0 aromatic rings. The Balaban J connectivity index is 2.04. The van der Waals surface area contributed by atoms with E-state index in [0.29, 0.717) is 5.92 Å². The van der Waals surface area contributed by atoms with Gasteiger partial charge in [0.05, 0.1) is 5.54 Å². The molecule has 1 saturated carbocycles. The molecule has 0 aromatic carbocycles. The van der Waals surface area contributed by atoms with E-state index >= 15 is 0 Å². The number of amides is 1. The van der Waals surface area contributed by atoms with Crippen LogP contribution >= 0.6 is 0 Å². The fourth-order valence-corrected chi connectivity index (χ4v) is 2.28. The third-order valence-electron chi connectivity index (χ3n) is 3.51. The molecule has 0 bridgehead atoms. The van der Waals surface area contributed by atoms with Crippen LogP contribution in [0.4, 0.5) is 0 Å². The quantitative estimate of drug-likeness (QED) is 0.695. The summed E-state index contributed by atoms with van der Waals surface area (Å²) in [5, 5.41) is 0. The highest BCUT2D eigenvalue weighted by Crippen LogP contribution is 2.39. The van der Waals surface area contributed by atoms with Gasteiger partial charge < -0.3 is 10.6 Å². The van der Waals surface area contributed by atoms with Crippen molar-refractivity contribution in [1.82, 2.24) is 4.90 Å². The summed E-state index contributed by atoms with van der Waals surface area (Å²) in [5.74, 6) is 0.550. The van der Waals surface area contributed by atoms with Crippen LogP contribution in [0.3, 0.4) is 0 Å². The topological polar surface area (TPSA) is 46.3 Å². The summed E-state index contributed by atoms with van der Waals surface area (Å²) in [6.45, 7) is 5.55. The number of nitrogens with two attached hydrogens (primary N) is 1. The van der Waals surface area contributed by atoms with Crippen molar-refractivity contribution in [2.24, 2.45) is 11.7 Å². The summed E-state index contributed by atoms with van der Waals surface area (Å²) in [6, 6.07) is 0. The number of carbonyl (C=O) groups is 1. The zero-order chi connectivity index (χ0) is 11.1. The molecule has 2 rings (SSSR count). The van der Waals surface area contributed by atoms with E-state index < -0.39 is 5.54 Å². The number of carbonyl (C=O) groups excluding carboxylic acids is 1. The third kappa shape index (κ3) is 2.07. The van der Waals surface area contributed by atoms with Crippen LogP contribution < -0.4 is 5.73 Å². The van der Waals surface area contributed by atoms with E-state index in [0.717, 1.165) is 32.4 Å². The molecule has 0 aromatic heterocycles. The average molecular weight is 208 g/mol. The first-order valence-electron chi connectivity index (χ1n) is 5.75. The molecule has 3 heteroatoms. The summed E-state index contributed by atoms with van der Waals surface area (Å²) in [5.41, 5.74) is 6.78. The fraction of sp³-hybridized carbons (Fsp3) is 0.750. The smallest absolute Gasteiger partial charge is 0.242 e. The maximum atomic E-state index is 12.2. The van der Waals surface area contributed by atoms with Crippen molar-refractivity contribution < 1.29 is 4.79 Å². The fourth-order valence-electron chi connectivity index (χ4n) is 2.28. The minimum absolute atomic E-state index is 0.137. The molecule has 1 heterocycles. The first-order valence-corrected chi connectivity index (χ1v) is 5.75. The lowest BCUT2D eigenvalue weighted by Crippen LogP contribution is -2.55. The SMILES string of the molecule is CC1=CCCN(C(=O)C(C)(N)C2CC2)C1. The maximum Gasteiger partial charge on any atom is 0.242 e. The van der Waals surface area contributed by atoms with Crippen LogP contribution in [0.2, 0.25) is 0 Å². The molecular formula is C12H20N2O. The van der Waals surface area contributed by atoms with Gasteiger partial charge in [0.1, 0.15) is 0 Å². The monoisotopic (exact) mass is 208 g/mol. The van der Waals surface area contributed by atoms with Gasteiger partial charge in [-0.3, -0.25) is 4.79 Å². The zero-order valence-electron chi connectivity index (χ0n) is 9.62. The van der Waals surface area contributed by atoms with E-state index in [1.165, 1.54) is 5.57 Å². The highest BCUT2D eigenvalue weighted by molar-refractivity contribution is 5.86. The number of hydrogen-bond donors (Lipinski definition) is 1. The van der Waals surface area contributed by atoms with Crippen molar-refractivity contribution in [2.75, 3.05) is 13.1 Å². The van der Waals surface area contributed by atoms with Gasteiger partial charge in [-0.1, -0.05) is 11.6 Å². The highest BCUT2D eigenvalue weighted by atomic mass is 16.2. The summed E-state index contributed by atoms with van der Waals surface area (Å²) in [6.07, 6.45) is 5.40. The summed E-state index contributed by atoms with van der Waals surface area (Å²) in [7, 11) is 0. The van der Waals surface area contributed by atoms with Gasteiger partial charge in [0.2, 0.25) is 5.91 Å². The van der Waals surface area contributed by atoms with Crippen molar-refractivity contribution in [3.05, 3.63) is 11.6 Å². The summed E-state index contributed by atoms with van der Waals surface area (Å²) < 4.78 is 0. The molecule has 0 saturated heterocycles. The molecule has 15 heavy (non-hydrogen) atoms. The Morgan fingerprint density at radius 1 is 1.60 bits per heavy atom. The predicted octanol–water partition coefficient (Wildman–Crippen LogP) is 1.29. The first kappa shape index (κ1) is 10.7. The van der Waals surface area contributed by atoms with E-state index in [1.807, 2.05) is 11.8 Å². The van der Waals surface area contributed by atoms with Crippen LogP contribution in [-0.4, -0.2) is 29.4 Å². The molecule has 2 N–H and O–H groups in total.